The number of hydrogen-bond acceptors (Lipinski definition) is 4. The van der Waals surface area contributed by atoms with Crippen molar-refractivity contribution >= 4 is 21.6 Å². The predicted molar refractivity (Wildman–Crippen MR) is 83.5 cm³/mol. The van der Waals surface area contributed by atoms with Crippen molar-refractivity contribution in [3.63, 3.8) is 0 Å². The van der Waals surface area contributed by atoms with E-state index >= 15 is 0 Å². The largest absolute Gasteiger partial charge is 0.438 e. The van der Waals surface area contributed by atoms with Crippen LogP contribution in [-0.2, 0) is 10.0 Å². The van der Waals surface area contributed by atoms with Crippen LogP contribution in [0.3, 0.4) is 0 Å². The number of hydrogen-bond donors (Lipinski definition) is 1. The lowest BCUT2D eigenvalue weighted by molar-refractivity contribution is 0.0956. The van der Waals surface area contributed by atoms with Crippen LogP contribution in [0, 0.1) is 6.92 Å². The highest BCUT2D eigenvalue weighted by Crippen LogP contribution is 2.21. The highest BCUT2D eigenvalue weighted by atomic mass is 32.2. The molecule has 1 aromatic carbocycles. The summed E-state index contributed by atoms with van der Waals surface area (Å²) in [6.45, 7) is 4.22. The molecule has 118 valence electrons. The number of carbonyl (C=O) groups is 1. The molecule has 0 saturated heterocycles. The SMILES string of the molecule is CCN(C(=O)c1ccc(S(=O)(=O)NC)o1)c1cccc(C)c1. The Labute approximate surface area is 129 Å². The molecule has 0 atom stereocenters. The van der Waals surface area contributed by atoms with Crippen molar-refractivity contribution < 1.29 is 17.6 Å². The average Bonchev–Trinajstić information content (AvgIpc) is 2.98. The summed E-state index contributed by atoms with van der Waals surface area (Å²) < 4.78 is 30.7. The number of nitrogens with one attached hydrogen (secondary N) is 1. The van der Waals surface area contributed by atoms with Crippen molar-refractivity contribution in [2.45, 2.75) is 18.9 Å². The normalized spacial score (nSPS) is 11.4. The first-order chi connectivity index (χ1) is 10.4. The Morgan fingerprint density at radius 3 is 2.59 bits per heavy atom. The molecule has 1 amide bonds. The number of nitrogens with zero attached hydrogens (tertiary/aromatic N) is 1. The van der Waals surface area contributed by atoms with E-state index in [0.717, 1.165) is 11.3 Å². The van der Waals surface area contributed by atoms with Crippen molar-refractivity contribution in [2.75, 3.05) is 18.5 Å². The van der Waals surface area contributed by atoms with Gasteiger partial charge < -0.3 is 9.32 Å². The van der Waals surface area contributed by atoms with Crippen LogP contribution in [0.4, 0.5) is 5.69 Å². The number of sulfonamides is 1. The standard InChI is InChI=1S/C15H18N2O4S/c1-4-17(12-7-5-6-11(2)10-12)15(18)13-8-9-14(21-13)22(19,20)16-3/h5-10,16H,4H2,1-3H3. The van der Waals surface area contributed by atoms with Gasteiger partial charge in [0.2, 0.25) is 5.09 Å². The Balaban J connectivity index is 2.34. The summed E-state index contributed by atoms with van der Waals surface area (Å²) in [5, 5.41) is -0.279. The van der Waals surface area contributed by atoms with Crippen LogP contribution in [-0.4, -0.2) is 27.9 Å². The van der Waals surface area contributed by atoms with Gasteiger partial charge in [-0.2, -0.15) is 0 Å². The summed E-state index contributed by atoms with van der Waals surface area (Å²) in [6, 6.07) is 10.1. The van der Waals surface area contributed by atoms with Crippen LogP contribution >= 0.6 is 0 Å². The molecule has 2 aromatic rings. The van der Waals surface area contributed by atoms with Gasteiger partial charge in [0.15, 0.2) is 5.76 Å². The van der Waals surface area contributed by atoms with E-state index in [1.165, 1.54) is 24.1 Å². The van der Waals surface area contributed by atoms with E-state index in [1.807, 2.05) is 38.1 Å². The maximum atomic E-state index is 12.5. The lowest BCUT2D eigenvalue weighted by atomic mass is 10.2. The predicted octanol–water partition coefficient (Wildman–Crippen LogP) is 2.16. The summed E-state index contributed by atoms with van der Waals surface area (Å²) in [5.41, 5.74) is 1.77. The van der Waals surface area contributed by atoms with Gasteiger partial charge >= 0.3 is 0 Å². The number of amides is 1. The summed E-state index contributed by atoms with van der Waals surface area (Å²) in [4.78, 5) is 14.1. The van der Waals surface area contributed by atoms with Gasteiger partial charge in [-0.1, -0.05) is 12.1 Å². The minimum absolute atomic E-state index is 0.0165. The Bertz CT molecular complexity index is 780. The first-order valence-electron chi connectivity index (χ1n) is 6.81. The number of benzene rings is 1. The minimum atomic E-state index is -3.70. The lowest BCUT2D eigenvalue weighted by Crippen LogP contribution is -2.30. The van der Waals surface area contributed by atoms with Crippen LogP contribution in [0.1, 0.15) is 23.0 Å². The summed E-state index contributed by atoms with van der Waals surface area (Å²) in [7, 11) is -2.42. The molecule has 0 unspecified atom stereocenters. The van der Waals surface area contributed by atoms with Gasteiger partial charge in [-0.15, -0.1) is 0 Å². The molecular formula is C15H18N2O4S. The molecule has 0 aliphatic rings. The molecular weight excluding hydrogens is 304 g/mol. The highest BCUT2D eigenvalue weighted by Gasteiger charge is 2.23. The van der Waals surface area contributed by atoms with Crippen molar-refractivity contribution in [2.24, 2.45) is 0 Å². The Morgan fingerprint density at radius 2 is 2.00 bits per heavy atom. The number of aryl methyl sites for hydroxylation is 1. The molecule has 1 heterocycles. The van der Waals surface area contributed by atoms with Crippen molar-refractivity contribution in [3.05, 3.63) is 47.7 Å². The minimum Gasteiger partial charge on any atom is -0.438 e. The van der Waals surface area contributed by atoms with E-state index in [-0.39, 0.29) is 16.8 Å². The molecule has 0 bridgehead atoms. The molecule has 6 nitrogen and oxygen atoms in total. The zero-order valence-corrected chi connectivity index (χ0v) is 13.5. The summed E-state index contributed by atoms with van der Waals surface area (Å²) in [6.07, 6.45) is 0. The van der Waals surface area contributed by atoms with Crippen molar-refractivity contribution in [3.8, 4) is 0 Å². The zero-order chi connectivity index (χ0) is 16.3. The Kier molecular flexibility index (Phi) is 4.68. The number of anilines is 1. The van der Waals surface area contributed by atoms with E-state index < -0.39 is 10.0 Å². The molecule has 0 saturated carbocycles. The first kappa shape index (κ1) is 16.3. The van der Waals surface area contributed by atoms with Crippen LogP contribution in [0.25, 0.3) is 0 Å². The van der Waals surface area contributed by atoms with E-state index in [9.17, 15) is 13.2 Å². The third kappa shape index (κ3) is 3.20. The van der Waals surface area contributed by atoms with Crippen LogP contribution in [0.5, 0.6) is 0 Å². The maximum absolute atomic E-state index is 12.5. The van der Waals surface area contributed by atoms with Gasteiger partial charge in [-0.3, -0.25) is 4.79 Å². The second-order valence-corrected chi connectivity index (χ2v) is 6.53. The highest BCUT2D eigenvalue weighted by molar-refractivity contribution is 7.89. The second-order valence-electron chi connectivity index (χ2n) is 4.71. The molecule has 0 spiro atoms. The van der Waals surface area contributed by atoms with E-state index in [0.29, 0.717) is 6.54 Å². The number of furan rings is 1. The van der Waals surface area contributed by atoms with E-state index in [2.05, 4.69) is 4.72 Å². The topological polar surface area (TPSA) is 79.6 Å². The van der Waals surface area contributed by atoms with Gasteiger partial charge in [0.1, 0.15) is 0 Å². The van der Waals surface area contributed by atoms with E-state index in [4.69, 9.17) is 4.42 Å². The van der Waals surface area contributed by atoms with Gasteiger partial charge in [0.25, 0.3) is 15.9 Å². The summed E-state index contributed by atoms with van der Waals surface area (Å²) >= 11 is 0. The molecule has 1 aromatic heterocycles. The van der Waals surface area contributed by atoms with Crippen LogP contribution < -0.4 is 9.62 Å². The van der Waals surface area contributed by atoms with Crippen molar-refractivity contribution in [1.29, 1.82) is 0 Å². The Morgan fingerprint density at radius 1 is 1.27 bits per heavy atom. The molecule has 2 rings (SSSR count). The summed E-state index contributed by atoms with van der Waals surface area (Å²) in [5.74, 6) is -0.400. The third-order valence-corrected chi connectivity index (χ3v) is 4.49. The monoisotopic (exact) mass is 322 g/mol. The Hall–Kier alpha value is -2.12. The average molecular weight is 322 g/mol. The van der Waals surface area contributed by atoms with Gasteiger partial charge in [0, 0.05) is 12.2 Å². The number of rotatable bonds is 5. The van der Waals surface area contributed by atoms with Crippen LogP contribution in [0.15, 0.2) is 45.9 Å². The molecule has 7 heteroatoms. The van der Waals surface area contributed by atoms with Gasteiger partial charge in [-0.25, -0.2) is 13.1 Å². The maximum Gasteiger partial charge on any atom is 0.294 e. The third-order valence-electron chi connectivity index (χ3n) is 3.20. The molecule has 0 aliphatic carbocycles. The smallest absolute Gasteiger partial charge is 0.294 e. The molecule has 0 aliphatic heterocycles. The quantitative estimate of drug-likeness (QED) is 0.915. The molecule has 0 fully saturated rings. The lowest BCUT2D eigenvalue weighted by Gasteiger charge is -2.20. The fourth-order valence-corrected chi connectivity index (χ4v) is 2.70. The van der Waals surface area contributed by atoms with E-state index in [1.54, 1.807) is 0 Å². The molecule has 0 radical (unpaired) electrons. The molecule has 22 heavy (non-hydrogen) atoms. The van der Waals surface area contributed by atoms with Gasteiger partial charge in [-0.05, 0) is 50.7 Å². The fourth-order valence-electron chi connectivity index (χ4n) is 2.05. The second kappa shape index (κ2) is 6.33. The van der Waals surface area contributed by atoms with Crippen LogP contribution in [0.2, 0.25) is 0 Å². The zero-order valence-electron chi connectivity index (χ0n) is 12.7. The first-order valence-corrected chi connectivity index (χ1v) is 8.29. The number of carbonyl (C=O) groups excluding carboxylic acids is 1. The van der Waals surface area contributed by atoms with Gasteiger partial charge in [0.05, 0.1) is 0 Å². The van der Waals surface area contributed by atoms with Crippen molar-refractivity contribution in [1.82, 2.24) is 4.72 Å². The fraction of sp³-hybridized carbons (Fsp3) is 0.267. The molecule has 1 N–H and O–H groups in total.